The fourth-order valence-corrected chi connectivity index (χ4v) is 1.71. The predicted octanol–water partition coefficient (Wildman–Crippen LogP) is 1.33. The molecular formula is C14H12N2O5. The lowest BCUT2D eigenvalue weighted by atomic mass is 10.1. The number of aromatic nitrogens is 1. The third-order valence-corrected chi connectivity index (χ3v) is 2.72. The summed E-state index contributed by atoms with van der Waals surface area (Å²) in [4.78, 5) is 36.7. The van der Waals surface area contributed by atoms with E-state index < -0.39 is 17.4 Å². The molecule has 7 heteroatoms. The summed E-state index contributed by atoms with van der Waals surface area (Å²) in [7, 11) is 1.41. The number of aromatic carboxylic acids is 1. The number of benzene rings is 1. The molecule has 7 nitrogen and oxygen atoms in total. The van der Waals surface area contributed by atoms with Crippen molar-refractivity contribution in [2.45, 2.75) is 0 Å². The highest BCUT2D eigenvalue weighted by molar-refractivity contribution is 6.06. The van der Waals surface area contributed by atoms with E-state index in [2.05, 4.69) is 10.3 Å². The number of methoxy groups -OCH3 is 1. The maximum Gasteiger partial charge on any atom is 0.337 e. The first-order valence-corrected chi connectivity index (χ1v) is 5.93. The second-order valence-corrected chi connectivity index (χ2v) is 4.10. The van der Waals surface area contributed by atoms with Crippen LogP contribution < -0.4 is 15.6 Å². The van der Waals surface area contributed by atoms with Crippen LogP contribution in [0.25, 0.3) is 0 Å². The molecule has 0 aliphatic rings. The summed E-state index contributed by atoms with van der Waals surface area (Å²) in [6.07, 6.45) is 0. The van der Waals surface area contributed by atoms with Crippen LogP contribution >= 0.6 is 0 Å². The van der Waals surface area contributed by atoms with Crippen molar-refractivity contribution in [1.82, 2.24) is 4.98 Å². The third-order valence-electron chi connectivity index (χ3n) is 2.72. The maximum absolute atomic E-state index is 12.0. The van der Waals surface area contributed by atoms with Gasteiger partial charge in [-0.2, -0.15) is 0 Å². The normalized spacial score (nSPS) is 9.95. The van der Waals surface area contributed by atoms with Gasteiger partial charge in [-0.15, -0.1) is 0 Å². The van der Waals surface area contributed by atoms with E-state index in [0.29, 0.717) is 5.75 Å². The first kappa shape index (κ1) is 14.3. The number of carbonyl (C=O) groups excluding carboxylic acids is 1. The minimum Gasteiger partial charge on any atom is -0.497 e. The van der Waals surface area contributed by atoms with Crippen LogP contribution in [0.5, 0.6) is 5.75 Å². The van der Waals surface area contributed by atoms with Gasteiger partial charge in [-0.05, 0) is 24.3 Å². The lowest BCUT2D eigenvalue weighted by Gasteiger charge is -2.10. The van der Waals surface area contributed by atoms with Crippen LogP contribution in [0.2, 0.25) is 0 Å². The molecule has 0 atom stereocenters. The van der Waals surface area contributed by atoms with Gasteiger partial charge < -0.3 is 20.1 Å². The van der Waals surface area contributed by atoms with Crippen LogP contribution in [0.1, 0.15) is 20.8 Å². The van der Waals surface area contributed by atoms with Gasteiger partial charge >= 0.3 is 5.97 Å². The van der Waals surface area contributed by atoms with E-state index >= 15 is 0 Å². The largest absolute Gasteiger partial charge is 0.497 e. The predicted molar refractivity (Wildman–Crippen MR) is 75.0 cm³/mol. The standard InChI is InChI=1S/C14H12N2O5/c1-21-8-5-6-10(9(7-8)14(19)20)16-13(18)11-3-2-4-12(17)15-11/h2-7H,1H3,(H,15,17)(H,16,18)(H,19,20). The Morgan fingerprint density at radius 1 is 1.24 bits per heavy atom. The highest BCUT2D eigenvalue weighted by Gasteiger charge is 2.15. The number of pyridine rings is 1. The average Bonchev–Trinajstić information content (AvgIpc) is 2.47. The van der Waals surface area contributed by atoms with Crippen LogP contribution in [-0.4, -0.2) is 29.1 Å². The first-order valence-electron chi connectivity index (χ1n) is 5.93. The van der Waals surface area contributed by atoms with Crippen molar-refractivity contribution in [3.8, 4) is 5.75 Å². The molecular weight excluding hydrogens is 276 g/mol. The van der Waals surface area contributed by atoms with Crippen LogP contribution in [0.15, 0.2) is 41.2 Å². The van der Waals surface area contributed by atoms with E-state index in [0.717, 1.165) is 0 Å². The summed E-state index contributed by atoms with van der Waals surface area (Å²) in [5.74, 6) is -1.45. The summed E-state index contributed by atoms with van der Waals surface area (Å²) < 4.78 is 4.94. The Balaban J connectivity index is 2.33. The van der Waals surface area contributed by atoms with Crippen LogP contribution in [0.4, 0.5) is 5.69 Å². The topological polar surface area (TPSA) is 108 Å². The van der Waals surface area contributed by atoms with Crippen molar-refractivity contribution in [1.29, 1.82) is 0 Å². The molecule has 108 valence electrons. The van der Waals surface area contributed by atoms with E-state index in [1.54, 1.807) is 0 Å². The molecule has 1 amide bonds. The zero-order valence-electron chi connectivity index (χ0n) is 11.0. The molecule has 0 radical (unpaired) electrons. The van der Waals surface area contributed by atoms with E-state index in [1.165, 1.54) is 43.5 Å². The molecule has 2 rings (SSSR count). The van der Waals surface area contributed by atoms with Gasteiger partial charge in [-0.3, -0.25) is 9.59 Å². The first-order chi connectivity index (χ1) is 10.0. The Bertz CT molecular complexity index is 751. The molecule has 0 saturated carbocycles. The number of amides is 1. The number of ether oxygens (including phenoxy) is 1. The average molecular weight is 288 g/mol. The third kappa shape index (κ3) is 3.27. The molecule has 0 bridgehead atoms. The molecule has 0 aliphatic heterocycles. The van der Waals surface area contributed by atoms with Crippen LogP contribution in [0.3, 0.4) is 0 Å². The van der Waals surface area contributed by atoms with E-state index in [-0.39, 0.29) is 16.9 Å². The van der Waals surface area contributed by atoms with Crippen molar-refractivity contribution in [3.05, 3.63) is 58.0 Å². The zero-order valence-corrected chi connectivity index (χ0v) is 11.0. The van der Waals surface area contributed by atoms with Crippen molar-refractivity contribution in [2.24, 2.45) is 0 Å². The number of carboxylic acid groups (broad SMARTS) is 1. The Morgan fingerprint density at radius 3 is 2.62 bits per heavy atom. The SMILES string of the molecule is COc1ccc(NC(=O)c2cccc(=O)[nH]2)c(C(=O)O)c1. The van der Waals surface area contributed by atoms with Gasteiger partial charge in [0.1, 0.15) is 11.4 Å². The highest BCUT2D eigenvalue weighted by atomic mass is 16.5. The van der Waals surface area contributed by atoms with Crippen LogP contribution in [0, 0.1) is 0 Å². The Labute approximate surface area is 119 Å². The molecule has 3 N–H and O–H groups in total. The number of carbonyl (C=O) groups is 2. The van der Waals surface area contributed by atoms with Crippen molar-refractivity contribution in [3.63, 3.8) is 0 Å². The molecule has 1 aromatic carbocycles. The van der Waals surface area contributed by atoms with E-state index in [4.69, 9.17) is 9.84 Å². The Hall–Kier alpha value is -3.09. The number of H-pyrrole nitrogens is 1. The number of hydrogen-bond donors (Lipinski definition) is 3. The fraction of sp³-hybridized carbons (Fsp3) is 0.0714. The fourth-order valence-electron chi connectivity index (χ4n) is 1.71. The Morgan fingerprint density at radius 2 is 2.00 bits per heavy atom. The second-order valence-electron chi connectivity index (χ2n) is 4.10. The molecule has 21 heavy (non-hydrogen) atoms. The highest BCUT2D eigenvalue weighted by Crippen LogP contribution is 2.22. The lowest BCUT2D eigenvalue weighted by Crippen LogP contribution is -2.19. The van der Waals surface area contributed by atoms with Crippen LogP contribution in [-0.2, 0) is 0 Å². The summed E-state index contributed by atoms with van der Waals surface area (Å²) in [5, 5.41) is 11.6. The number of rotatable bonds is 4. The Kier molecular flexibility index (Phi) is 4.03. The molecule has 0 saturated heterocycles. The number of aromatic amines is 1. The molecule has 0 aliphatic carbocycles. The van der Waals surface area contributed by atoms with E-state index in [1.807, 2.05) is 0 Å². The minimum absolute atomic E-state index is 0.0367. The molecule has 1 aromatic heterocycles. The summed E-state index contributed by atoms with van der Waals surface area (Å²) in [6, 6.07) is 8.36. The number of nitrogens with one attached hydrogen (secondary N) is 2. The smallest absolute Gasteiger partial charge is 0.337 e. The quantitative estimate of drug-likeness (QED) is 0.786. The molecule has 0 unspecified atom stereocenters. The van der Waals surface area contributed by atoms with Gasteiger partial charge in [-0.25, -0.2) is 4.79 Å². The van der Waals surface area contributed by atoms with Gasteiger partial charge in [0.15, 0.2) is 0 Å². The molecule has 2 aromatic rings. The summed E-state index contributed by atoms with van der Waals surface area (Å²) in [6.45, 7) is 0. The molecule has 0 fully saturated rings. The summed E-state index contributed by atoms with van der Waals surface area (Å²) >= 11 is 0. The zero-order chi connectivity index (χ0) is 15.4. The second kappa shape index (κ2) is 5.91. The van der Waals surface area contributed by atoms with Gasteiger partial charge in [0.2, 0.25) is 5.56 Å². The van der Waals surface area contributed by atoms with Gasteiger partial charge in [0.25, 0.3) is 5.91 Å². The van der Waals surface area contributed by atoms with Gasteiger partial charge in [0, 0.05) is 6.07 Å². The van der Waals surface area contributed by atoms with Gasteiger partial charge in [0.05, 0.1) is 18.4 Å². The molecule has 1 heterocycles. The number of hydrogen-bond acceptors (Lipinski definition) is 4. The lowest BCUT2D eigenvalue weighted by molar-refractivity contribution is 0.0697. The van der Waals surface area contributed by atoms with Crippen molar-refractivity contribution in [2.75, 3.05) is 12.4 Å². The number of anilines is 1. The van der Waals surface area contributed by atoms with E-state index in [9.17, 15) is 14.4 Å². The monoisotopic (exact) mass is 288 g/mol. The van der Waals surface area contributed by atoms with Crippen molar-refractivity contribution >= 4 is 17.6 Å². The van der Waals surface area contributed by atoms with Crippen molar-refractivity contribution < 1.29 is 19.4 Å². The maximum atomic E-state index is 12.0. The minimum atomic E-state index is -1.20. The number of carboxylic acids is 1. The molecule has 0 spiro atoms. The summed E-state index contributed by atoms with van der Waals surface area (Å²) in [5.41, 5.74) is -0.385. The van der Waals surface area contributed by atoms with Gasteiger partial charge in [-0.1, -0.05) is 6.07 Å².